The molecule has 1 saturated carbocycles. The zero-order valence-corrected chi connectivity index (χ0v) is 25.0. The van der Waals surface area contributed by atoms with Crippen molar-refractivity contribution in [3.63, 3.8) is 0 Å². The summed E-state index contributed by atoms with van der Waals surface area (Å²) < 4.78 is 12.4. The molecule has 2 aromatic rings. The molecule has 222 valence electrons. The molecule has 8 atom stereocenters. The van der Waals surface area contributed by atoms with Crippen molar-refractivity contribution >= 4 is 35.0 Å². The normalized spacial score (nSPS) is 33.0. The topological polar surface area (TPSA) is 97.0 Å². The molecule has 1 aliphatic carbocycles. The molecule has 6 rings (SSSR count). The first-order chi connectivity index (χ1) is 20.2. The Hall–Kier alpha value is -3.36. The number of benzene rings is 2. The molecule has 4 unspecified atom stereocenters. The van der Waals surface area contributed by atoms with Crippen LogP contribution < -0.4 is 15.4 Å². The molecule has 2 aromatic carbocycles. The number of ether oxygens (including phenoxy) is 2. The average molecular weight is 592 g/mol. The number of carbonyl (C=O) groups excluding carboxylic acids is 3. The molecule has 3 amide bonds. The van der Waals surface area contributed by atoms with E-state index in [1.807, 2.05) is 43.3 Å². The minimum Gasteiger partial charge on any atom is -0.494 e. The molecule has 4 aliphatic rings. The maximum atomic E-state index is 14.4. The van der Waals surface area contributed by atoms with Gasteiger partial charge in [0.05, 0.1) is 31.1 Å². The minimum absolute atomic E-state index is 0.0101. The quantitative estimate of drug-likeness (QED) is 0.423. The summed E-state index contributed by atoms with van der Waals surface area (Å²) in [5.74, 6) is -0.981. The summed E-state index contributed by atoms with van der Waals surface area (Å²) in [6.45, 7) is 6.95. The number of para-hydroxylation sites is 1. The first kappa shape index (κ1) is 28.7. The van der Waals surface area contributed by atoms with Gasteiger partial charge in [0.2, 0.25) is 17.7 Å². The van der Waals surface area contributed by atoms with Crippen molar-refractivity contribution < 1.29 is 23.9 Å². The highest BCUT2D eigenvalue weighted by atomic mass is 35.5. The van der Waals surface area contributed by atoms with Crippen LogP contribution in [0, 0.1) is 23.7 Å². The predicted octanol–water partition coefficient (Wildman–Crippen LogP) is 4.97. The number of amides is 3. The van der Waals surface area contributed by atoms with Gasteiger partial charge in [0.15, 0.2) is 0 Å². The Morgan fingerprint density at radius 2 is 1.86 bits per heavy atom. The third-order valence-electron chi connectivity index (χ3n) is 9.68. The first-order valence-corrected chi connectivity index (χ1v) is 15.4. The van der Waals surface area contributed by atoms with Crippen molar-refractivity contribution in [3.05, 3.63) is 71.3 Å². The van der Waals surface area contributed by atoms with Crippen LogP contribution in [-0.2, 0) is 25.7 Å². The van der Waals surface area contributed by atoms with E-state index in [9.17, 15) is 14.4 Å². The molecule has 1 spiro atoms. The first-order valence-electron chi connectivity index (χ1n) is 15.0. The molecule has 2 saturated heterocycles. The highest BCUT2D eigenvalue weighted by Crippen LogP contribution is 2.55. The van der Waals surface area contributed by atoms with E-state index in [1.165, 1.54) is 0 Å². The Morgan fingerprint density at radius 3 is 2.62 bits per heavy atom. The number of carbonyl (C=O) groups is 3. The Bertz CT molecular complexity index is 1400. The standard InChI is InChI=1S/C33H38ClN3O5/c1-4-41-25-11-6-5-9-21(25)18-37-29(31(39)36-24-10-7-8-19(2)20(24)3)33-17-16-26(42-33)27(28(33)32(37)40)30(38)35-23-14-12-22(34)13-15-23/h5-6,9,11-17,19-20,24,26-29H,4,7-8,10,18H2,1-3H3,(H,35,38)(H,36,39)/t19?,20?,24?,26-,27-,28+,29?,33+/m0/s1. The summed E-state index contributed by atoms with van der Waals surface area (Å²) in [6.07, 6.45) is 6.15. The second-order valence-corrected chi connectivity index (χ2v) is 12.5. The average Bonchev–Trinajstić information content (AvgIpc) is 3.61. The lowest BCUT2D eigenvalue weighted by molar-refractivity contribution is -0.142. The van der Waals surface area contributed by atoms with Crippen molar-refractivity contribution in [1.82, 2.24) is 10.2 Å². The molecule has 2 bridgehead atoms. The van der Waals surface area contributed by atoms with E-state index in [-0.39, 0.29) is 30.3 Å². The number of fused-ring (bicyclic) bond motifs is 1. The van der Waals surface area contributed by atoms with Gasteiger partial charge in [-0.25, -0.2) is 0 Å². The number of hydrogen-bond acceptors (Lipinski definition) is 5. The lowest BCUT2D eigenvalue weighted by atomic mass is 9.73. The monoisotopic (exact) mass is 591 g/mol. The van der Waals surface area contributed by atoms with Gasteiger partial charge in [-0.3, -0.25) is 14.4 Å². The van der Waals surface area contributed by atoms with Crippen LogP contribution in [0.3, 0.4) is 0 Å². The Labute approximate surface area is 251 Å². The minimum atomic E-state index is -1.24. The maximum absolute atomic E-state index is 14.4. The van der Waals surface area contributed by atoms with Crippen LogP contribution in [0.25, 0.3) is 0 Å². The lowest BCUT2D eigenvalue weighted by Gasteiger charge is -2.38. The smallest absolute Gasteiger partial charge is 0.246 e. The summed E-state index contributed by atoms with van der Waals surface area (Å²) in [7, 11) is 0. The van der Waals surface area contributed by atoms with Gasteiger partial charge in [-0.15, -0.1) is 0 Å². The molecule has 8 nitrogen and oxygen atoms in total. The lowest BCUT2D eigenvalue weighted by Crippen LogP contribution is -2.57. The third kappa shape index (κ3) is 4.88. The van der Waals surface area contributed by atoms with E-state index < -0.39 is 29.6 Å². The second kappa shape index (κ2) is 11.4. The van der Waals surface area contributed by atoms with Crippen LogP contribution in [0.1, 0.15) is 45.6 Å². The number of nitrogens with zero attached hydrogens (tertiary/aromatic N) is 1. The Balaban J connectivity index is 1.34. The fraction of sp³-hybridized carbons (Fsp3) is 0.485. The van der Waals surface area contributed by atoms with Gasteiger partial charge in [-0.05, 0) is 55.5 Å². The number of nitrogens with one attached hydrogen (secondary N) is 2. The van der Waals surface area contributed by atoms with Gasteiger partial charge < -0.3 is 25.0 Å². The van der Waals surface area contributed by atoms with Crippen molar-refractivity contribution in [2.75, 3.05) is 11.9 Å². The van der Waals surface area contributed by atoms with Gasteiger partial charge in [0.25, 0.3) is 0 Å². The molecule has 42 heavy (non-hydrogen) atoms. The summed E-state index contributed by atoms with van der Waals surface area (Å²) in [4.78, 5) is 44.0. The summed E-state index contributed by atoms with van der Waals surface area (Å²) in [5, 5.41) is 6.80. The molecule has 0 aromatic heterocycles. The van der Waals surface area contributed by atoms with Crippen LogP contribution in [0.2, 0.25) is 5.02 Å². The fourth-order valence-electron chi connectivity index (χ4n) is 7.36. The number of rotatable bonds is 8. The van der Waals surface area contributed by atoms with E-state index in [0.717, 1.165) is 24.8 Å². The van der Waals surface area contributed by atoms with E-state index in [2.05, 4.69) is 24.5 Å². The van der Waals surface area contributed by atoms with Crippen LogP contribution >= 0.6 is 11.6 Å². The highest BCUT2D eigenvalue weighted by Gasteiger charge is 2.72. The molecular formula is C33H38ClN3O5. The van der Waals surface area contributed by atoms with Crippen LogP contribution in [0.4, 0.5) is 5.69 Å². The van der Waals surface area contributed by atoms with Crippen molar-refractivity contribution in [1.29, 1.82) is 0 Å². The van der Waals surface area contributed by atoms with Crippen LogP contribution in [0.5, 0.6) is 5.75 Å². The molecule has 3 fully saturated rings. The summed E-state index contributed by atoms with van der Waals surface area (Å²) in [5.41, 5.74) is 0.132. The number of hydrogen-bond donors (Lipinski definition) is 2. The molecule has 0 radical (unpaired) electrons. The Kier molecular flexibility index (Phi) is 7.79. The van der Waals surface area contributed by atoms with Crippen molar-refractivity contribution in [2.24, 2.45) is 23.7 Å². The highest BCUT2D eigenvalue weighted by molar-refractivity contribution is 6.30. The summed E-state index contributed by atoms with van der Waals surface area (Å²) >= 11 is 6.03. The molecule has 2 N–H and O–H groups in total. The van der Waals surface area contributed by atoms with E-state index >= 15 is 0 Å². The fourth-order valence-corrected chi connectivity index (χ4v) is 7.48. The van der Waals surface area contributed by atoms with Crippen LogP contribution in [-0.4, -0.2) is 53.0 Å². The van der Waals surface area contributed by atoms with E-state index in [1.54, 1.807) is 29.2 Å². The summed E-state index contributed by atoms with van der Waals surface area (Å²) in [6, 6.07) is 13.5. The molecule has 3 aliphatic heterocycles. The SMILES string of the molecule is CCOc1ccccc1CN1C(=O)[C@H]2[C@@H](C(=O)Nc3ccc(Cl)cc3)[C@@H]3C=C[C@]2(O3)C1C(=O)NC1CCCC(C)C1C. The Morgan fingerprint density at radius 1 is 1.10 bits per heavy atom. The number of anilines is 1. The molecular weight excluding hydrogens is 554 g/mol. The zero-order valence-electron chi connectivity index (χ0n) is 24.2. The second-order valence-electron chi connectivity index (χ2n) is 12.1. The van der Waals surface area contributed by atoms with Gasteiger partial charge in [-0.2, -0.15) is 0 Å². The third-order valence-corrected chi connectivity index (χ3v) is 9.94. The predicted molar refractivity (Wildman–Crippen MR) is 160 cm³/mol. The van der Waals surface area contributed by atoms with E-state index in [0.29, 0.717) is 34.9 Å². The van der Waals surface area contributed by atoms with E-state index in [4.69, 9.17) is 21.1 Å². The molecule has 9 heteroatoms. The molecule has 3 heterocycles. The number of halogens is 1. The van der Waals surface area contributed by atoms with Crippen LogP contribution in [0.15, 0.2) is 60.7 Å². The largest absolute Gasteiger partial charge is 0.494 e. The maximum Gasteiger partial charge on any atom is 0.246 e. The zero-order chi connectivity index (χ0) is 29.6. The van der Waals surface area contributed by atoms with Gasteiger partial charge in [0, 0.05) is 22.3 Å². The van der Waals surface area contributed by atoms with Gasteiger partial charge >= 0.3 is 0 Å². The van der Waals surface area contributed by atoms with Gasteiger partial charge in [0.1, 0.15) is 17.4 Å². The van der Waals surface area contributed by atoms with Crippen molar-refractivity contribution in [3.8, 4) is 5.75 Å². The number of likely N-dealkylation sites (tertiary alicyclic amines) is 1. The van der Waals surface area contributed by atoms with Crippen molar-refractivity contribution in [2.45, 2.75) is 70.4 Å². The van der Waals surface area contributed by atoms with Gasteiger partial charge in [-0.1, -0.05) is 68.6 Å².